The van der Waals surface area contributed by atoms with Gasteiger partial charge in [0.1, 0.15) is 0 Å². The zero-order chi connectivity index (χ0) is 9.52. The standard InChI is InChI=1S/C10H17ClO/c1-6(2)5-7-8(12)9(11)10(7,3)4/h6-7,9H,5H2,1-4H3. The summed E-state index contributed by atoms with van der Waals surface area (Å²) in [6.07, 6.45) is 0.981. The van der Waals surface area contributed by atoms with Gasteiger partial charge in [0.25, 0.3) is 0 Å². The Morgan fingerprint density at radius 2 is 2.00 bits per heavy atom. The van der Waals surface area contributed by atoms with Crippen LogP contribution in [0.2, 0.25) is 0 Å². The second-order valence-corrected chi connectivity index (χ2v) is 5.20. The maximum absolute atomic E-state index is 11.4. The summed E-state index contributed by atoms with van der Waals surface area (Å²) in [4.78, 5) is 11.4. The van der Waals surface area contributed by atoms with Crippen LogP contribution in [0.4, 0.5) is 0 Å². The van der Waals surface area contributed by atoms with Gasteiger partial charge in [-0.25, -0.2) is 0 Å². The fourth-order valence-corrected chi connectivity index (χ4v) is 2.19. The summed E-state index contributed by atoms with van der Waals surface area (Å²) < 4.78 is 0. The molecule has 1 aliphatic carbocycles. The molecule has 0 radical (unpaired) electrons. The summed E-state index contributed by atoms with van der Waals surface area (Å²) in [5, 5.41) is -0.249. The lowest BCUT2D eigenvalue weighted by Crippen LogP contribution is -2.56. The highest BCUT2D eigenvalue weighted by Gasteiger charge is 2.54. The van der Waals surface area contributed by atoms with Crippen molar-refractivity contribution >= 4 is 17.4 Å². The molecule has 0 aromatic carbocycles. The van der Waals surface area contributed by atoms with E-state index in [1.807, 2.05) is 0 Å². The number of carbonyl (C=O) groups is 1. The van der Waals surface area contributed by atoms with Gasteiger partial charge in [-0.2, -0.15) is 0 Å². The van der Waals surface area contributed by atoms with E-state index >= 15 is 0 Å². The highest BCUT2D eigenvalue weighted by molar-refractivity contribution is 6.34. The quantitative estimate of drug-likeness (QED) is 0.610. The topological polar surface area (TPSA) is 17.1 Å². The zero-order valence-corrected chi connectivity index (χ0v) is 8.98. The monoisotopic (exact) mass is 188 g/mol. The van der Waals surface area contributed by atoms with Crippen molar-refractivity contribution in [1.29, 1.82) is 0 Å². The Balaban J connectivity index is 2.62. The fraction of sp³-hybridized carbons (Fsp3) is 0.900. The average Bonchev–Trinajstić information content (AvgIpc) is 1.98. The van der Waals surface area contributed by atoms with Gasteiger partial charge < -0.3 is 0 Å². The van der Waals surface area contributed by atoms with Crippen molar-refractivity contribution in [3.8, 4) is 0 Å². The van der Waals surface area contributed by atoms with Crippen molar-refractivity contribution in [3.05, 3.63) is 0 Å². The molecule has 1 nitrogen and oxygen atoms in total. The molecular weight excluding hydrogens is 172 g/mol. The second kappa shape index (κ2) is 3.02. The molecule has 0 saturated heterocycles. The van der Waals surface area contributed by atoms with Crippen LogP contribution in [0, 0.1) is 17.3 Å². The smallest absolute Gasteiger partial charge is 0.154 e. The molecule has 0 heterocycles. The minimum Gasteiger partial charge on any atom is -0.298 e. The first-order valence-electron chi connectivity index (χ1n) is 4.55. The molecule has 12 heavy (non-hydrogen) atoms. The van der Waals surface area contributed by atoms with E-state index in [1.165, 1.54) is 0 Å². The van der Waals surface area contributed by atoms with Gasteiger partial charge in [0.05, 0.1) is 5.38 Å². The van der Waals surface area contributed by atoms with E-state index in [4.69, 9.17) is 11.6 Å². The molecular formula is C10H17ClO. The van der Waals surface area contributed by atoms with E-state index in [9.17, 15) is 4.79 Å². The molecule has 2 heteroatoms. The van der Waals surface area contributed by atoms with Crippen LogP contribution in [0.15, 0.2) is 0 Å². The molecule has 0 bridgehead atoms. The molecule has 0 aliphatic heterocycles. The molecule has 0 spiro atoms. The highest BCUT2D eigenvalue weighted by Crippen LogP contribution is 2.49. The van der Waals surface area contributed by atoms with Crippen molar-refractivity contribution in [3.63, 3.8) is 0 Å². The third-order valence-corrected chi connectivity index (χ3v) is 3.63. The van der Waals surface area contributed by atoms with Gasteiger partial charge in [-0.15, -0.1) is 11.6 Å². The fourth-order valence-electron chi connectivity index (χ4n) is 1.88. The Kier molecular flexibility index (Phi) is 2.53. The van der Waals surface area contributed by atoms with Gasteiger partial charge in [0.2, 0.25) is 0 Å². The average molecular weight is 189 g/mol. The highest BCUT2D eigenvalue weighted by atomic mass is 35.5. The first-order chi connectivity index (χ1) is 5.37. The number of alkyl halides is 1. The molecule has 1 saturated carbocycles. The molecule has 1 aliphatic rings. The largest absolute Gasteiger partial charge is 0.298 e. The van der Waals surface area contributed by atoms with Crippen LogP contribution in [0.25, 0.3) is 0 Å². The van der Waals surface area contributed by atoms with E-state index < -0.39 is 0 Å². The van der Waals surface area contributed by atoms with Gasteiger partial charge in [-0.1, -0.05) is 27.7 Å². The first-order valence-corrected chi connectivity index (χ1v) is 4.98. The minimum absolute atomic E-state index is 0.0168. The summed E-state index contributed by atoms with van der Waals surface area (Å²) in [7, 11) is 0. The van der Waals surface area contributed by atoms with Gasteiger partial charge in [-0.05, 0) is 17.8 Å². The molecule has 0 aromatic heterocycles. The van der Waals surface area contributed by atoms with E-state index in [-0.39, 0.29) is 22.5 Å². The first kappa shape index (κ1) is 10.0. The molecule has 70 valence electrons. The Hall–Kier alpha value is -0.0400. The van der Waals surface area contributed by atoms with E-state index in [0.717, 1.165) is 6.42 Å². The van der Waals surface area contributed by atoms with Crippen molar-refractivity contribution in [2.24, 2.45) is 17.3 Å². The van der Waals surface area contributed by atoms with Gasteiger partial charge in [0.15, 0.2) is 5.78 Å². The van der Waals surface area contributed by atoms with Crippen LogP contribution >= 0.6 is 11.6 Å². The molecule has 0 N–H and O–H groups in total. The van der Waals surface area contributed by atoms with Crippen LogP contribution in [0.3, 0.4) is 0 Å². The van der Waals surface area contributed by atoms with Crippen LogP contribution in [0.1, 0.15) is 34.1 Å². The normalized spacial score (nSPS) is 33.7. The number of hydrogen-bond acceptors (Lipinski definition) is 1. The van der Waals surface area contributed by atoms with Gasteiger partial charge in [-0.3, -0.25) is 4.79 Å². The molecule has 1 rings (SSSR count). The van der Waals surface area contributed by atoms with Gasteiger partial charge in [0, 0.05) is 5.92 Å². The Morgan fingerprint density at radius 1 is 1.50 bits per heavy atom. The van der Waals surface area contributed by atoms with Crippen LogP contribution in [-0.2, 0) is 4.79 Å². The Labute approximate surface area is 79.5 Å². The van der Waals surface area contributed by atoms with Gasteiger partial charge >= 0.3 is 0 Å². The summed E-state index contributed by atoms with van der Waals surface area (Å²) in [5.74, 6) is 1.03. The van der Waals surface area contributed by atoms with E-state index in [0.29, 0.717) is 5.92 Å². The summed E-state index contributed by atoms with van der Waals surface area (Å²) >= 11 is 5.92. The summed E-state index contributed by atoms with van der Waals surface area (Å²) in [6.45, 7) is 8.45. The number of carbonyl (C=O) groups excluding carboxylic acids is 1. The van der Waals surface area contributed by atoms with Crippen molar-refractivity contribution < 1.29 is 4.79 Å². The lowest BCUT2D eigenvalue weighted by atomic mass is 9.59. The third kappa shape index (κ3) is 1.39. The van der Waals surface area contributed by atoms with Crippen LogP contribution in [0.5, 0.6) is 0 Å². The maximum atomic E-state index is 11.4. The maximum Gasteiger partial charge on any atom is 0.154 e. The van der Waals surface area contributed by atoms with Crippen LogP contribution in [-0.4, -0.2) is 11.2 Å². The molecule has 2 atom stereocenters. The molecule has 0 amide bonds. The minimum atomic E-state index is -0.249. The Bertz CT molecular complexity index is 196. The van der Waals surface area contributed by atoms with Crippen molar-refractivity contribution in [1.82, 2.24) is 0 Å². The SMILES string of the molecule is CC(C)CC1C(=O)C(Cl)C1(C)C. The summed E-state index contributed by atoms with van der Waals surface area (Å²) in [5.41, 5.74) is 0.0168. The van der Waals surface area contributed by atoms with E-state index in [2.05, 4.69) is 27.7 Å². The predicted octanol–water partition coefficient (Wildman–Crippen LogP) is 2.87. The van der Waals surface area contributed by atoms with Crippen LogP contribution < -0.4 is 0 Å². The molecule has 1 fully saturated rings. The second-order valence-electron chi connectivity index (χ2n) is 4.77. The number of Topliss-reactive ketones (excluding diaryl/α,β-unsaturated/α-hetero) is 1. The lowest BCUT2D eigenvalue weighted by molar-refractivity contribution is -0.140. The number of ketones is 1. The lowest BCUT2D eigenvalue weighted by Gasteiger charge is -2.48. The number of rotatable bonds is 2. The number of hydrogen-bond donors (Lipinski definition) is 0. The van der Waals surface area contributed by atoms with Crippen molar-refractivity contribution in [2.45, 2.75) is 39.5 Å². The molecule has 0 aromatic rings. The third-order valence-electron chi connectivity index (χ3n) is 2.85. The summed E-state index contributed by atoms with van der Waals surface area (Å²) in [6, 6.07) is 0. The number of halogens is 1. The van der Waals surface area contributed by atoms with E-state index in [1.54, 1.807) is 0 Å². The predicted molar refractivity (Wildman–Crippen MR) is 51.4 cm³/mol. The Morgan fingerprint density at radius 3 is 2.33 bits per heavy atom. The zero-order valence-electron chi connectivity index (χ0n) is 8.23. The molecule has 2 unspecified atom stereocenters. The van der Waals surface area contributed by atoms with Crippen molar-refractivity contribution in [2.75, 3.05) is 0 Å².